The molecule has 0 amide bonds. The average Bonchev–Trinajstić information content (AvgIpc) is 2.41. The molecule has 0 atom stereocenters. The van der Waals surface area contributed by atoms with Gasteiger partial charge in [-0.2, -0.15) is 0 Å². The molecule has 0 unspecified atom stereocenters. The van der Waals surface area contributed by atoms with Crippen molar-refractivity contribution in [3.05, 3.63) is 46.5 Å². The van der Waals surface area contributed by atoms with Gasteiger partial charge in [-0.05, 0) is 49.4 Å². The lowest BCUT2D eigenvalue weighted by Crippen LogP contribution is -2.07. The van der Waals surface area contributed by atoms with E-state index < -0.39 is 0 Å². The SMILES string of the molecule is Fc1ccc(Cl)cc1-c1ncc2c(n1)CCCC2. The van der Waals surface area contributed by atoms with Crippen LogP contribution < -0.4 is 0 Å². The minimum atomic E-state index is -0.338. The second-order valence-corrected chi connectivity index (χ2v) is 4.93. The highest BCUT2D eigenvalue weighted by Gasteiger charge is 2.14. The van der Waals surface area contributed by atoms with Crippen molar-refractivity contribution in [2.45, 2.75) is 25.7 Å². The number of aromatic nitrogens is 2. The molecule has 92 valence electrons. The quantitative estimate of drug-likeness (QED) is 0.781. The highest BCUT2D eigenvalue weighted by Crippen LogP contribution is 2.26. The fourth-order valence-electron chi connectivity index (χ4n) is 2.27. The van der Waals surface area contributed by atoms with Gasteiger partial charge < -0.3 is 0 Å². The van der Waals surface area contributed by atoms with Crippen LogP contribution in [0.15, 0.2) is 24.4 Å². The van der Waals surface area contributed by atoms with Crippen LogP contribution in [0, 0.1) is 5.82 Å². The molecule has 0 fully saturated rings. The maximum absolute atomic E-state index is 13.7. The maximum atomic E-state index is 13.7. The largest absolute Gasteiger partial charge is 0.236 e. The van der Waals surface area contributed by atoms with Gasteiger partial charge in [-0.25, -0.2) is 14.4 Å². The summed E-state index contributed by atoms with van der Waals surface area (Å²) in [5, 5.41) is 0.493. The summed E-state index contributed by atoms with van der Waals surface area (Å²) >= 11 is 5.89. The molecule has 0 saturated carbocycles. The Labute approximate surface area is 110 Å². The third-order valence-electron chi connectivity index (χ3n) is 3.23. The Morgan fingerprint density at radius 1 is 1.17 bits per heavy atom. The highest BCUT2D eigenvalue weighted by molar-refractivity contribution is 6.30. The van der Waals surface area contributed by atoms with E-state index >= 15 is 0 Å². The molecule has 3 rings (SSSR count). The van der Waals surface area contributed by atoms with Crippen LogP contribution in [-0.2, 0) is 12.8 Å². The number of rotatable bonds is 1. The Hall–Kier alpha value is -1.48. The van der Waals surface area contributed by atoms with E-state index in [2.05, 4.69) is 9.97 Å². The van der Waals surface area contributed by atoms with Gasteiger partial charge in [0.25, 0.3) is 0 Å². The predicted octanol–water partition coefficient (Wildman–Crippen LogP) is 3.81. The van der Waals surface area contributed by atoms with Crippen LogP contribution in [0.2, 0.25) is 5.02 Å². The molecule has 1 aromatic carbocycles. The molecular formula is C14H12ClFN2. The van der Waals surface area contributed by atoms with Crippen molar-refractivity contribution in [3.63, 3.8) is 0 Å². The number of aryl methyl sites for hydroxylation is 2. The maximum Gasteiger partial charge on any atom is 0.162 e. The minimum absolute atomic E-state index is 0.338. The Morgan fingerprint density at radius 3 is 2.89 bits per heavy atom. The molecule has 4 heteroatoms. The van der Waals surface area contributed by atoms with Crippen molar-refractivity contribution < 1.29 is 4.39 Å². The van der Waals surface area contributed by atoms with Crippen molar-refractivity contribution in [3.8, 4) is 11.4 Å². The molecule has 0 N–H and O–H groups in total. The molecule has 1 heterocycles. The van der Waals surface area contributed by atoms with Gasteiger partial charge >= 0.3 is 0 Å². The summed E-state index contributed by atoms with van der Waals surface area (Å²) < 4.78 is 13.7. The zero-order valence-electron chi connectivity index (χ0n) is 9.79. The predicted molar refractivity (Wildman–Crippen MR) is 69.1 cm³/mol. The van der Waals surface area contributed by atoms with Crippen LogP contribution in [0.1, 0.15) is 24.1 Å². The lowest BCUT2D eigenvalue weighted by molar-refractivity contribution is 0.628. The number of hydrogen-bond acceptors (Lipinski definition) is 2. The summed E-state index contributed by atoms with van der Waals surface area (Å²) in [6.45, 7) is 0. The molecule has 0 aliphatic heterocycles. The lowest BCUT2D eigenvalue weighted by atomic mass is 9.97. The first kappa shape index (κ1) is 11.6. The van der Waals surface area contributed by atoms with Crippen LogP contribution >= 0.6 is 11.6 Å². The standard InChI is InChI=1S/C14H12ClFN2/c15-10-5-6-12(16)11(7-10)14-17-8-9-3-1-2-4-13(9)18-14/h5-8H,1-4H2. The summed E-state index contributed by atoms with van der Waals surface area (Å²) in [7, 11) is 0. The zero-order valence-corrected chi connectivity index (χ0v) is 10.5. The topological polar surface area (TPSA) is 25.8 Å². The summed E-state index contributed by atoms with van der Waals surface area (Å²) in [5.41, 5.74) is 2.61. The Balaban J connectivity index is 2.09. The molecule has 0 radical (unpaired) electrons. The van der Waals surface area contributed by atoms with E-state index in [-0.39, 0.29) is 5.82 Å². The average molecular weight is 263 g/mol. The minimum Gasteiger partial charge on any atom is -0.236 e. The summed E-state index contributed by atoms with van der Waals surface area (Å²) in [5.74, 6) is 0.0887. The van der Waals surface area contributed by atoms with E-state index in [0.29, 0.717) is 16.4 Å². The third kappa shape index (κ3) is 2.10. The van der Waals surface area contributed by atoms with E-state index in [9.17, 15) is 4.39 Å². The molecule has 18 heavy (non-hydrogen) atoms. The fraction of sp³-hybridized carbons (Fsp3) is 0.286. The molecule has 0 bridgehead atoms. The fourth-order valence-corrected chi connectivity index (χ4v) is 2.45. The number of hydrogen-bond donors (Lipinski definition) is 0. The smallest absolute Gasteiger partial charge is 0.162 e. The van der Waals surface area contributed by atoms with Crippen molar-refractivity contribution >= 4 is 11.6 Å². The van der Waals surface area contributed by atoms with E-state index in [4.69, 9.17) is 11.6 Å². The number of nitrogens with zero attached hydrogens (tertiary/aromatic N) is 2. The van der Waals surface area contributed by atoms with Crippen LogP contribution in [0.25, 0.3) is 11.4 Å². The molecule has 2 nitrogen and oxygen atoms in total. The lowest BCUT2D eigenvalue weighted by Gasteiger charge is -2.14. The normalized spacial score (nSPS) is 14.3. The molecule has 0 saturated heterocycles. The van der Waals surface area contributed by atoms with Gasteiger partial charge in [-0.15, -0.1) is 0 Å². The molecule has 1 aliphatic carbocycles. The molecule has 0 spiro atoms. The van der Waals surface area contributed by atoms with Gasteiger partial charge in [0, 0.05) is 16.9 Å². The van der Waals surface area contributed by atoms with Gasteiger partial charge in [0.1, 0.15) is 5.82 Å². The first-order valence-electron chi connectivity index (χ1n) is 6.04. The first-order valence-corrected chi connectivity index (χ1v) is 6.42. The van der Waals surface area contributed by atoms with Gasteiger partial charge in [0.2, 0.25) is 0 Å². The summed E-state index contributed by atoms with van der Waals surface area (Å²) in [6, 6.07) is 4.45. The van der Waals surface area contributed by atoms with Gasteiger partial charge in [-0.1, -0.05) is 11.6 Å². The second kappa shape index (κ2) is 4.65. The van der Waals surface area contributed by atoms with Crippen LogP contribution in [0.5, 0.6) is 0 Å². The van der Waals surface area contributed by atoms with E-state index in [0.717, 1.165) is 25.0 Å². The second-order valence-electron chi connectivity index (χ2n) is 4.50. The van der Waals surface area contributed by atoms with Gasteiger partial charge in [0.15, 0.2) is 5.82 Å². The summed E-state index contributed by atoms with van der Waals surface area (Å²) in [6.07, 6.45) is 6.11. The van der Waals surface area contributed by atoms with Crippen LogP contribution in [0.3, 0.4) is 0 Å². The molecule has 1 aromatic heterocycles. The Morgan fingerprint density at radius 2 is 2.00 bits per heavy atom. The molecule has 2 aromatic rings. The number of halogens is 2. The number of benzene rings is 1. The Kier molecular flexibility index (Phi) is 3.00. The van der Waals surface area contributed by atoms with Crippen molar-refractivity contribution in [1.82, 2.24) is 9.97 Å². The van der Waals surface area contributed by atoms with E-state index in [1.54, 1.807) is 6.07 Å². The number of fused-ring (bicyclic) bond motifs is 1. The van der Waals surface area contributed by atoms with Gasteiger partial charge in [-0.3, -0.25) is 0 Å². The molecule has 1 aliphatic rings. The third-order valence-corrected chi connectivity index (χ3v) is 3.47. The van der Waals surface area contributed by atoms with Gasteiger partial charge in [0.05, 0.1) is 5.56 Å². The van der Waals surface area contributed by atoms with Crippen molar-refractivity contribution in [2.75, 3.05) is 0 Å². The molecular weight excluding hydrogens is 251 g/mol. The first-order chi connectivity index (χ1) is 8.74. The van der Waals surface area contributed by atoms with Crippen molar-refractivity contribution in [2.24, 2.45) is 0 Å². The zero-order chi connectivity index (χ0) is 12.5. The van der Waals surface area contributed by atoms with E-state index in [1.165, 1.54) is 24.1 Å². The van der Waals surface area contributed by atoms with E-state index in [1.807, 2.05) is 6.20 Å². The monoisotopic (exact) mass is 262 g/mol. The van der Waals surface area contributed by atoms with Crippen LogP contribution in [0.4, 0.5) is 4.39 Å². The van der Waals surface area contributed by atoms with Crippen LogP contribution in [-0.4, -0.2) is 9.97 Å². The van der Waals surface area contributed by atoms with Crippen molar-refractivity contribution in [1.29, 1.82) is 0 Å². The summed E-state index contributed by atoms with van der Waals surface area (Å²) in [4.78, 5) is 8.73. The Bertz CT molecular complexity index is 598. The highest BCUT2D eigenvalue weighted by atomic mass is 35.5.